The minimum Gasteiger partial charge on any atom is -0.467 e. The molecule has 25 heavy (non-hydrogen) atoms. The first-order chi connectivity index (χ1) is 12.3. The van der Waals surface area contributed by atoms with Crippen molar-refractivity contribution in [3.8, 4) is 11.1 Å². The quantitative estimate of drug-likeness (QED) is 0.547. The molecule has 0 saturated carbocycles. The van der Waals surface area contributed by atoms with Gasteiger partial charge in [-0.3, -0.25) is 0 Å². The van der Waals surface area contributed by atoms with Crippen LogP contribution in [-0.4, -0.2) is 21.7 Å². The summed E-state index contributed by atoms with van der Waals surface area (Å²) in [5.74, 6) is 2.25. The van der Waals surface area contributed by atoms with Crippen molar-refractivity contribution < 1.29 is 9.52 Å². The fourth-order valence-electron chi connectivity index (χ4n) is 2.74. The number of hydrogen-bond acceptors (Lipinski definition) is 6. The van der Waals surface area contributed by atoms with E-state index in [4.69, 9.17) is 4.42 Å². The van der Waals surface area contributed by atoms with Crippen molar-refractivity contribution in [2.45, 2.75) is 13.0 Å². The minimum absolute atomic E-state index is 0.0278. The highest BCUT2D eigenvalue weighted by molar-refractivity contribution is 7.17. The molecule has 5 nitrogen and oxygen atoms in total. The topological polar surface area (TPSA) is 71.2 Å². The number of nitrogens with zero attached hydrogens (tertiary/aromatic N) is 2. The molecular weight excluding hydrogens is 334 g/mol. The lowest BCUT2D eigenvalue weighted by atomic mass is 10.1. The smallest absolute Gasteiger partial charge is 0.139 e. The van der Waals surface area contributed by atoms with E-state index in [1.807, 2.05) is 30.3 Å². The molecule has 0 amide bonds. The van der Waals surface area contributed by atoms with Gasteiger partial charge in [0.2, 0.25) is 0 Å². The highest BCUT2D eigenvalue weighted by Crippen LogP contribution is 2.37. The average molecular weight is 351 g/mol. The number of hydrogen-bond donors (Lipinski definition) is 2. The first-order valence-corrected chi connectivity index (χ1v) is 8.94. The highest BCUT2D eigenvalue weighted by Gasteiger charge is 2.15. The Balaban J connectivity index is 1.80. The Morgan fingerprint density at radius 1 is 1.08 bits per heavy atom. The predicted octanol–water partition coefficient (Wildman–Crippen LogP) is 4.10. The van der Waals surface area contributed by atoms with Crippen molar-refractivity contribution >= 4 is 27.4 Å². The zero-order valence-corrected chi connectivity index (χ0v) is 14.3. The maximum atomic E-state index is 9.23. The first-order valence-electron chi connectivity index (χ1n) is 8.06. The van der Waals surface area contributed by atoms with Crippen LogP contribution in [0.1, 0.15) is 11.6 Å². The zero-order chi connectivity index (χ0) is 17.1. The first kappa shape index (κ1) is 15.8. The number of aromatic nitrogens is 2. The lowest BCUT2D eigenvalue weighted by molar-refractivity contribution is 0.297. The summed E-state index contributed by atoms with van der Waals surface area (Å²) in [6, 6.07) is 14.0. The molecule has 0 radical (unpaired) electrons. The Bertz CT molecular complexity index is 965. The number of aliphatic hydroxyl groups is 1. The molecule has 0 aliphatic carbocycles. The summed E-state index contributed by atoms with van der Waals surface area (Å²) < 4.78 is 5.40. The highest BCUT2D eigenvalue weighted by atomic mass is 32.1. The molecule has 0 saturated heterocycles. The Morgan fingerprint density at radius 3 is 2.72 bits per heavy atom. The Labute approximate surface area is 149 Å². The van der Waals surface area contributed by atoms with E-state index in [0.29, 0.717) is 18.8 Å². The van der Waals surface area contributed by atoms with Gasteiger partial charge in [-0.15, -0.1) is 11.3 Å². The van der Waals surface area contributed by atoms with E-state index < -0.39 is 0 Å². The fraction of sp³-hybridized carbons (Fsp3) is 0.158. The van der Waals surface area contributed by atoms with Crippen LogP contribution in [0.5, 0.6) is 0 Å². The standard InChI is InChI=1S/C19H17N3O2S/c23-9-8-16-21-18(20-11-14-7-4-10-24-14)17-15(12-25-19(17)22-16)13-5-2-1-3-6-13/h1-7,10,12,23H,8-9,11H2,(H,20,21,22). The minimum atomic E-state index is 0.0278. The number of fused-ring (bicyclic) bond motifs is 1. The molecule has 1 aromatic carbocycles. The SMILES string of the molecule is OCCc1nc(NCc2ccco2)c2c(-c3ccccc3)csc2n1. The van der Waals surface area contributed by atoms with Gasteiger partial charge >= 0.3 is 0 Å². The molecule has 2 N–H and O–H groups in total. The summed E-state index contributed by atoms with van der Waals surface area (Å²) in [7, 11) is 0. The van der Waals surface area contributed by atoms with Crippen LogP contribution in [0.2, 0.25) is 0 Å². The van der Waals surface area contributed by atoms with Crippen LogP contribution < -0.4 is 5.32 Å². The van der Waals surface area contributed by atoms with Crippen molar-refractivity contribution in [1.29, 1.82) is 0 Å². The number of aliphatic hydroxyl groups excluding tert-OH is 1. The van der Waals surface area contributed by atoms with Gasteiger partial charge in [0.05, 0.1) is 24.8 Å². The Morgan fingerprint density at radius 2 is 1.96 bits per heavy atom. The lowest BCUT2D eigenvalue weighted by Gasteiger charge is -2.09. The third-order valence-corrected chi connectivity index (χ3v) is 4.78. The summed E-state index contributed by atoms with van der Waals surface area (Å²) in [5, 5.41) is 15.7. The van der Waals surface area contributed by atoms with Gasteiger partial charge in [0, 0.05) is 17.4 Å². The molecule has 4 rings (SSSR count). The van der Waals surface area contributed by atoms with Crippen LogP contribution in [0.15, 0.2) is 58.5 Å². The molecule has 0 spiro atoms. The molecule has 0 atom stereocenters. The summed E-state index contributed by atoms with van der Waals surface area (Å²) in [6.45, 7) is 0.571. The van der Waals surface area contributed by atoms with Crippen LogP contribution in [0.4, 0.5) is 5.82 Å². The molecule has 0 fully saturated rings. The number of thiophene rings is 1. The predicted molar refractivity (Wildman–Crippen MR) is 99.7 cm³/mol. The number of rotatable bonds is 6. The third kappa shape index (κ3) is 3.26. The number of benzene rings is 1. The van der Waals surface area contributed by atoms with Gasteiger partial charge in [0.25, 0.3) is 0 Å². The molecule has 3 heterocycles. The van der Waals surface area contributed by atoms with E-state index in [-0.39, 0.29) is 6.61 Å². The number of nitrogens with one attached hydrogen (secondary N) is 1. The van der Waals surface area contributed by atoms with Gasteiger partial charge < -0.3 is 14.8 Å². The van der Waals surface area contributed by atoms with Crippen molar-refractivity contribution in [1.82, 2.24) is 9.97 Å². The lowest BCUT2D eigenvalue weighted by Crippen LogP contribution is -2.06. The van der Waals surface area contributed by atoms with E-state index in [1.165, 1.54) is 0 Å². The summed E-state index contributed by atoms with van der Waals surface area (Å²) in [4.78, 5) is 10.1. The molecule has 4 aromatic rings. The summed E-state index contributed by atoms with van der Waals surface area (Å²) in [6.07, 6.45) is 2.09. The van der Waals surface area contributed by atoms with Gasteiger partial charge in [-0.2, -0.15) is 0 Å². The Hall–Kier alpha value is -2.70. The van der Waals surface area contributed by atoms with Crippen LogP contribution in [-0.2, 0) is 13.0 Å². The van der Waals surface area contributed by atoms with Crippen LogP contribution in [0.25, 0.3) is 21.3 Å². The van der Waals surface area contributed by atoms with Gasteiger partial charge in [0.15, 0.2) is 0 Å². The van der Waals surface area contributed by atoms with E-state index in [0.717, 1.165) is 32.9 Å². The van der Waals surface area contributed by atoms with Crippen LogP contribution in [0, 0.1) is 0 Å². The van der Waals surface area contributed by atoms with Crippen LogP contribution >= 0.6 is 11.3 Å². The summed E-state index contributed by atoms with van der Waals surface area (Å²) in [5.41, 5.74) is 2.24. The largest absolute Gasteiger partial charge is 0.467 e. The molecule has 0 bridgehead atoms. The van der Waals surface area contributed by atoms with Crippen molar-refractivity contribution in [2.75, 3.05) is 11.9 Å². The molecule has 0 aliphatic rings. The average Bonchev–Trinajstić information content (AvgIpc) is 3.30. The van der Waals surface area contributed by atoms with Crippen LogP contribution in [0.3, 0.4) is 0 Å². The zero-order valence-electron chi connectivity index (χ0n) is 13.5. The van der Waals surface area contributed by atoms with Gasteiger partial charge in [-0.1, -0.05) is 30.3 Å². The van der Waals surface area contributed by atoms with Crippen molar-refractivity contribution in [3.05, 3.63) is 65.7 Å². The molecular formula is C19H17N3O2S. The molecule has 0 aliphatic heterocycles. The van der Waals surface area contributed by atoms with Gasteiger partial charge in [-0.05, 0) is 17.7 Å². The van der Waals surface area contributed by atoms with Gasteiger partial charge in [0.1, 0.15) is 22.2 Å². The second-order valence-electron chi connectivity index (χ2n) is 5.59. The van der Waals surface area contributed by atoms with E-state index >= 15 is 0 Å². The number of anilines is 1. The maximum absolute atomic E-state index is 9.23. The second-order valence-corrected chi connectivity index (χ2v) is 6.45. The maximum Gasteiger partial charge on any atom is 0.139 e. The van der Waals surface area contributed by atoms with E-state index in [9.17, 15) is 5.11 Å². The third-order valence-electron chi connectivity index (χ3n) is 3.91. The fourth-order valence-corrected chi connectivity index (χ4v) is 3.71. The Kier molecular flexibility index (Phi) is 4.45. The molecule has 0 unspecified atom stereocenters. The number of furan rings is 1. The van der Waals surface area contributed by atoms with Gasteiger partial charge in [-0.25, -0.2) is 9.97 Å². The van der Waals surface area contributed by atoms with E-state index in [1.54, 1.807) is 17.6 Å². The van der Waals surface area contributed by atoms with E-state index in [2.05, 4.69) is 32.8 Å². The molecule has 3 aromatic heterocycles. The summed E-state index contributed by atoms with van der Waals surface area (Å²) >= 11 is 1.59. The molecule has 126 valence electrons. The molecule has 6 heteroatoms. The monoisotopic (exact) mass is 351 g/mol. The van der Waals surface area contributed by atoms with Crippen molar-refractivity contribution in [2.24, 2.45) is 0 Å². The normalized spacial score (nSPS) is 11.1. The second kappa shape index (κ2) is 7.04. The van der Waals surface area contributed by atoms with Crippen molar-refractivity contribution in [3.63, 3.8) is 0 Å².